The van der Waals surface area contributed by atoms with Gasteiger partial charge in [-0.2, -0.15) is 0 Å². The predicted molar refractivity (Wildman–Crippen MR) is 93.9 cm³/mol. The van der Waals surface area contributed by atoms with Gasteiger partial charge < -0.3 is 14.8 Å². The summed E-state index contributed by atoms with van der Waals surface area (Å²) in [5, 5.41) is 0. The van der Waals surface area contributed by atoms with Crippen LogP contribution in [0.4, 0.5) is 0 Å². The number of nitrogens with one attached hydrogen (secondary N) is 1. The molecule has 1 saturated heterocycles. The maximum atomic E-state index is 12.2. The zero-order valence-corrected chi connectivity index (χ0v) is 15.7. The molecule has 0 saturated carbocycles. The minimum Gasteiger partial charge on any atom is -0.310 e. The molecule has 0 aliphatic carbocycles. The van der Waals surface area contributed by atoms with Gasteiger partial charge in [0, 0.05) is 37.5 Å². The highest BCUT2D eigenvalue weighted by Crippen LogP contribution is 2.23. The van der Waals surface area contributed by atoms with E-state index in [4.69, 9.17) is 4.98 Å². The number of aromatic nitrogens is 2. The smallest absolute Gasteiger partial charge is 0.264 e. The molecule has 1 atom stereocenters. The number of hydrogen-bond donors (Lipinski definition) is 1. The monoisotopic (exact) mass is 404 g/mol. The molecule has 0 bridgehead atoms. The van der Waals surface area contributed by atoms with Crippen molar-refractivity contribution in [1.82, 2.24) is 19.8 Å². The van der Waals surface area contributed by atoms with Crippen molar-refractivity contribution in [3.8, 4) is 0 Å². The van der Waals surface area contributed by atoms with Crippen LogP contribution < -0.4 is 5.56 Å². The minimum absolute atomic E-state index is 0.0163. The molecular weight excluding hydrogens is 379 g/mol. The Hall–Kier alpha value is -0.470. The third-order valence-electron chi connectivity index (χ3n) is 4.03. The molecule has 0 spiro atoms. The van der Waals surface area contributed by atoms with Crippen molar-refractivity contribution in [2.45, 2.75) is 38.6 Å². The highest BCUT2D eigenvalue weighted by atomic mass is 127. The van der Waals surface area contributed by atoms with Crippen LogP contribution in [0.1, 0.15) is 32.3 Å². The van der Waals surface area contributed by atoms with Gasteiger partial charge in [-0.15, -0.1) is 0 Å². The fraction of sp³-hybridized carbons (Fsp3) is 0.733. The Kier molecular flexibility index (Phi) is 5.10. The van der Waals surface area contributed by atoms with Crippen molar-refractivity contribution in [3.05, 3.63) is 25.4 Å². The van der Waals surface area contributed by atoms with E-state index in [1.165, 1.54) is 0 Å². The molecule has 21 heavy (non-hydrogen) atoms. The first-order chi connectivity index (χ1) is 9.68. The third kappa shape index (κ3) is 4.04. The van der Waals surface area contributed by atoms with E-state index < -0.39 is 0 Å². The van der Waals surface area contributed by atoms with Gasteiger partial charge in [0.15, 0.2) is 0 Å². The lowest BCUT2D eigenvalue weighted by Gasteiger charge is -2.37. The Bertz CT molecular complexity index is 564. The predicted octanol–water partition coefficient (Wildman–Crippen LogP) is 1.46. The second kappa shape index (κ2) is 6.34. The van der Waals surface area contributed by atoms with Gasteiger partial charge in [0.05, 0.1) is 5.69 Å². The number of piperazine rings is 1. The molecule has 118 valence electrons. The highest BCUT2D eigenvalue weighted by Gasteiger charge is 2.26. The van der Waals surface area contributed by atoms with Gasteiger partial charge in [-0.3, -0.25) is 4.79 Å². The topological polar surface area (TPSA) is 52.2 Å². The lowest BCUT2D eigenvalue weighted by atomic mass is 9.92. The van der Waals surface area contributed by atoms with Crippen molar-refractivity contribution in [1.29, 1.82) is 0 Å². The molecule has 2 rings (SSSR count). The van der Waals surface area contributed by atoms with Crippen molar-refractivity contribution in [2.75, 3.05) is 33.7 Å². The zero-order chi connectivity index (χ0) is 15.8. The molecule has 1 unspecified atom stereocenters. The first kappa shape index (κ1) is 16.9. The molecule has 1 aliphatic rings. The van der Waals surface area contributed by atoms with E-state index >= 15 is 0 Å². The molecule has 0 radical (unpaired) electrons. The van der Waals surface area contributed by atoms with Crippen molar-refractivity contribution in [2.24, 2.45) is 0 Å². The third-order valence-corrected chi connectivity index (χ3v) is 5.03. The zero-order valence-electron chi connectivity index (χ0n) is 13.5. The van der Waals surface area contributed by atoms with Crippen LogP contribution in [-0.2, 0) is 11.8 Å². The Morgan fingerprint density at radius 2 is 2.00 bits per heavy atom. The molecule has 1 aromatic rings. The Balaban J connectivity index is 2.28. The first-order valence-electron chi connectivity index (χ1n) is 7.36. The summed E-state index contributed by atoms with van der Waals surface area (Å²) in [4.78, 5) is 24.6. The summed E-state index contributed by atoms with van der Waals surface area (Å²) < 4.78 is 0.706. The largest absolute Gasteiger partial charge is 0.310 e. The Morgan fingerprint density at radius 1 is 1.33 bits per heavy atom. The molecular formula is C15H25IN4O. The fourth-order valence-corrected chi connectivity index (χ4v) is 3.71. The maximum absolute atomic E-state index is 12.2. The summed E-state index contributed by atoms with van der Waals surface area (Å²) in [6, 6.07) is 0.403. The van der Waals surface area contributed by atoms with Gasteiger partial charge >= 0.3 is 0 Å². The number of hydrogen-bond acceptors (Lipinski definition) is 4. The van der Waals surface area contributed by atoms with Crippen LogP contribution >= 0.6 is 22.6 Å². The Morgan fingerprint density at radius 3 is 2.62 bits per heavy atom. The second-order valence-electron chi connectivity index (χ2n) is 7.03. The average Bonchev–Trinajstić information content (AvgIpc) is 2.36. The summed E-state index contributed by atoms with van der Waals surface area (Å²) in [6.45, 7) is 9.46. The van der Waals surface area contributed by atoms with E-state index in [1.54, 1.807) is 0 Å². The van der Waals surface area contributed by atoms with E-state index in [9.17, 15) is 4.79 Å². The number of nitrogens with zero attached hydrogens (tertiary/aromatic N) is 3. The van der Waals surface area contributed by atoms with E-state index in [0.29, 0.717) is 9.61 Å². The summed E-state index contributed by atoms with van der Waals surface area (Å²) in [5.74, 6) is 0.803. The van der Waals surface area contributed by atoms with Crippen molar-refractivity contribution >= 4 is 22.6 Å². The SMILES string of the molecule is CN1CCN(C)C(Cc2nc(C(C)(C)C)c(I)c(=O)[nH]2)C1. The summed E-state index contributed by atoms with van der Waals surface area (Å²) in [7, 11) is 4.29. The molecule has 1 aromatic heterocycles. The van der Waals surface area contributed by atoms with Crippen molar-refractivity contribution < 1.29 is 0 Å². The molecule has 1 aliphatic heterocycles. The van der Waals surface area contributed by atoms with Gasteiger partial charge in [-0.25, -0.2) is 4.98 Å². The van der Waals surface area contributed by atoms with Gasteiger partial charge in [0.1, 0.15) is 9.39 Å². The number of rotatable bonds is 2. The number of H-pyrrole nitrogens is 1. The quantitative estimate of drug-likeness (QED) is 0.759. The van der Waals surface area contributed by atoms with Crippen LogP contribution in [0, 0.1) is 3.57 Å². The number of likely N-dealkylation sites (N-methyl/N-ethyl adjacent to an activating group) is 2. The molecule has 1 N–H and O–H groups in total. The van der Waals surface area contributed by atoms with E-state index in [0.717, 1.165) is 37.6 Å². The van der Waals surface area contributed by atoms with E-state index in [1.807, 2.05) is 0 Å². The maximum Gasteiger partial charge on any atom is 0.264 e. The lowest BCUT2D eigenvalue weighted by Crippen LogP contribution is -2.51. The lowest BCUT2D eigenvalue weighted by molar-refractivity contribution is 0.113. The van der Waals surface area contributed by atoms with Crippen LogP contribution in [0.3, 0.4) is 0 Å². The second-order valence-corrected chi connectivity index (χ2v) is 8.10. The van der Waals surface area contributed by atoms with Gasteiger partial charge in [0.2, 0.25) is 0 Å². The standard InChI is InChI=1S/C15H25IN4O/c1-15(2,3)13-12(16)14(21)18-11(17-13)8-10-9-19(4)6-7-20(10)5/h10H,6-9H2,1-5H3,(H,17,18,21). The minimum atomic E-state index is -0.116. The normalized spacial score (nSPS) is 21.7. The summed E-state index contributed by atoms with van der Waals surface area (Å²) >= 11 is 2.10. The average molecular weight is 404 g/mol. The van der Waals surface area contributed by atoms with Crippen LogP contribution in [0.15, 0.2) is 4.79 Å². The molecule has 6 heteroatoms. The molecule has 1 fully saturated rings. The van der Waals surface area contributed by atoms with Crippen LogP contribution in [-0.4, -0.2) is 59.5 Å². The Labute approximate surface area is 140 Å². The molecule has 0 aromatic carbocycles. The number of halogens is 1. The summed E-state index contributed by atoms with van der Waals surface area (Å²) in [5.41, 5.74) is 0.764. The van der Waals surface area contributed by atoms with Gasteiger partial charge in [0.25, 0.3) is 5.56 Å². The molecule has 5 nitrogen and oxygen atoms in total. The summed E-state index contributed by atoms with van der Waals surface area (Å²) in [6.07, 6.45) is 0.788. The van der Waals surface area contributed by atoms with Crippen LogP contribution in [0.5, 0.6) is 0 Å². The van der Waals surface area contributed by atoms with Gasteiger partial charge in [-0.1, -0.05) is 20.8 Å². The first-order valence-corrected chi connectivity index (χ1v) is 8.44. The number of aromatic amines is 1. The van der Waals surface area contributed by atoms with Crippen molar-refractivity contribution in [3.63, 3.8) is 0 Å². The highest BCUT2D eigenvalue weighted by molar-refractivity contribution is 14.1. The fourth-order valence-electron chi connectivity index (χ4n) is 2.64. The molecule has 0 amide bonds. The van der Waals surface area contributed by atoms with E-state index in [2.05, 4.69) is 72.2 Å². The van der Waals surface area contributed by atoms with E-state index in [-0.39, 0.29) is 11.0 Å². The van der Waals surface area contributed by atoms with Crippen LogP contribution in [0.2, 0.25) is 0 Å². The molecule has 2 heterocycles. The van der Waals surface area contributed by atoms with Gasteiger partial charge in [-0.05, 0) is 36.7 Å². The van der Waals surface area contributed by atoms with Crippen LogP contribution in [0.25, 0.3) is 0 Å².